The quantitative estimate of drug-likeness (QED) is 0.886. The van der Waals surface area contributed by atoms with Gasteiger partial charge in [0.1, 0.15) is 5.82 Å². The Morgan fingerprint density at radius 1 is 1.22 bits per heavy atom. The van der Waals surface area contributed by atoms with Crippen molar-refractivity contribution in [2.24, 2.45) is 0 Å². The molecule has 5 nitrogen and oxygen atoms in total. The van der Waals surface area contributed by atoms with E-state index in [2.05, 4.69) is 5.32 Å². The van der Waals surface area contributed by atoms with Crippen LogP contribution >= 0.6 is 0 Å². The molecule has 2 aliphatic rings. The summed E-state index contributed by atoms with van der Waals surface area (Å²) in [6.07, 6.45) is 1.93. The Morgan fingerprint density at radius 3 is 2.89 bits per heavy atom. The second kappa shape index (κ2) is 7.02. The summed E-state index contributed by atoms with van der Waals surface area (Å²) in [6, 6.07) is 12.1. The molecule has 140 valence electrons. The Kier molecular flexibility index (Phi) is 4.56. The molecule has 27 heavy (non-hydrogen) atoms. The summed E-state index contributed by atoms with van der Waals surface area (Å²) in [6.45, 7) is 2.59. The topological polar surface area (TPSA) is 52.7 Å². The smallest absolute Gasteiger partial charge is 0.246 e. The number of aryl methyl sites for hydroxylation is 1. The Hall–Kier alpha value is -2.89. The number of carbonyl (C=O) groups is 2. The first-order valence-electron chi connectivity index (χ1n) is 9.28. The number of hydrogen-bond acceptors (Lipinski definition) is 3. The maximum atomic E-state index is 14.4. The molecular formula is C21H22FN3O2. The number of benzene rings is 2. The second-order valence-electron chi connectivity index (χ2n) is 7.15. The molecule has 1 atom stereocenters. The zero-order valence-electron chi connectivity index (χ0n) is 15.2. The lowest BCUT2D eigenvalue weighted by molar-refractivity contribution is -0.118. The van der Waals surface area contributed by atoms with E-state index in [9.17, 15) is 14.0 Å². The predicted molar refractivity (Wildman–Crippen MR) is 104 cm³/mol. The normalized spacial score (nSPS) is 19.0. The number of rotatable bonds is 2. The Labute approximate surface area is 157 Å². The number of hydrogen-bond donors (Lipinski definition) is 1. The standard InChI is InChI=1S/C21H22FN3O2/c1-14-12-19(26)23-17-9-2-3-10-18(17)25(14)20(27)13-24-11-5-7-15-6-4-8-16(22)21(15)24/h2-4,6,8-10,14H,5,7,11-13H2,1H3,(H,23,26)/t14-/m0/s1. The van der Waals surface area contributed by atoms with Gasteiger partial charge in [-0.3, -0.25) is 9.59 Å². The average molecular weight is 367 g/mol. The minimum absolute atomic E-state index is 0.0841. The van der Waals surface area contributed by atoms with Crippen LogP contribution in [0.1, 0.15) is 25.3 Å². The third-order valence-corrected chi connectivity index (χ3v) is 5.21. The summed E-state index contributed by atoms with van der Waals surface area (Å²) in [5, 5.41) is 2.86. The van der Waals surface area contributed by atoms with Crippen molar-refractivity contribution in [3.63, 3.8) is 0 Å². The number of nitrogens with one attached hydrogen (secondary N) is 1. The Morgan fingerprint density at radius 2 is 2.04 bits per heavy atom. The van der Waals surface area contributed by atoms with Crippen LogP contribution in [-0.2, 0) is 16.0 Å². The van der Waals surface area contributed by atoms with Gasteiger partial charge in [-0.1, -0.05) is 24.3 Å². The van der Waals surface area contributed by atoms with Crippen molar-refractivity contribution >= 4 is 28.9 Å². The molecular weight excluding hydrogens is 345 g/mol. The highest BCUT2D eigenvalue weighted by Crippen LogP contribution is 2.33. The number of halogens is 1. The van der Waals surface area contributed by atoms with Crippen LogP contribution in [0.4, 0.5) is 21.5 Å². The van der Waals surface area contributed by atoms with E-state index in [4.69, 9.17) is 0 Å². The first kappa shape index (κ1) is 17.5. The molecule has 0 fully saturated rings. The van der Waals surface area contributed by atoms with E-state index in [1.807, 2.05) is 36.1 Å². The van der Waals surface area contributed by atoms with Gasteiger partial charge < -0.3 is 15.1 Å². The van der Waals surface area contributed by atoms with Crippen LogP contribution in [0.25, 0.3) is 0 Å². The van der Waals surface area contributed by atoms with Gasteiger partial charge in [0.15, 0.2) is 0 Å². The van der Waals surface area contributed by atoms with Crippen molar-refractivity contribution in [2.75, 3.05) is 28.2 Å². The molecule has 6 heteroatoms. The van der Waals surface area contributed by atoms with Crippen molar-refractivity contribution < 1.29 is 14.0 Å². The van der Waals surface area contributed by atoms with Gasteiger partial charge in [-0.2, -0.15) is 0 Å². The van der Waals surface area contributed by atoms with Crippen LogP contribution in [0, 0.1) is 5.82 Å². The van der Waals surface area contributed by atoms with Crippen LogP contribution < -0.4 is 15.1 Å². The van der Waals surface area contributed by atoms with Gasteiger partial charge in [0, 0.05) is 19.0 Å². The molecule has 2 aromatic rings. The number of carbonyl (C=O) groups excluding carboxylic acids is 2. The monoisotopic (exact) mass is 367 g/mol. The van der Waals surface area contributed by atoms with Gasteiger partial charge in [0.25, 0.3) is 0 Å². The molecule has 0 aliphatic carbocycles. The van der Waals surface area contributed by atoms with E-state index in [0.29, 0.717) is 23.6 Å². The Balaban J connectivity index is 1.65. The van der Waals surface area contributed by atoms with Crippen LogP contribution in [0.5, 0.6) is 0 Å². The minimum atomic E-state index is -0.291. The maximum Gasteiger partial charge on any atom is 0.246 e. The highest BCUT2D eigenvalue weighted by molar-refractivity contribution is 6.05. The molecule has 2 amide bonds. The zero-order valence-corrected chi connectivity index (χ0v) is 15.2. The van der Waals surface area contributed by atoms with Crippen LogP contribution in [0.2, 0.25) is 0 Å². The lowest BCUT2D eigenvalue weighted by atomic mass is 10.0. The van der Waals surface area contributed by atoms with Gasteiger partial charge >= 0.3 is 0 Å². The summed E-state index contributed by atoms with van der Waals surface area (Å²) in [7, 11) is 0. The second-order valence-corrected chi connectivity index (χ2v) is 7.15. The van der Waals surface area contributed by atoms with Gasteiger partial charge in [-0.05, 0) is 43.5 Å². The van der Waals surface area contributed by atoms with Crippen molar-refractivity contribution in [1.82, 2.24) is 0 Å². The molecule has 0 spiro atoms. The third-order valence-electron chi connectivity index (χ3n) is 5.21. The lowest BCUT2D eigenvalue weighted by Gasteiger charge is -2.34. The number of anilines is 3. The molecule has 2 heterocycles. The molecule has 0 bridgehead atoms. The largest absolute Gasteiger partial charge is 0.360 e. The van der Waals surface area contributed by atoms with E-state index in [1.54, 1.807) is 17.0 Å². The zero-order chi connectivity index (χ0) is 19.0. The fourth-order valence-corrected chi connectivity index (χ4v) is 4.05. The number of para-hydroxylation sites is 3. The van der Waals surface area contributed by atoms with E-state index in [1.165, 1.54) is 6.07 Å². The molecule has 1 N–H and O–H groups in total. The molecule has 4 rings (SSSR count). The van der Waals surface area contributed by atoms with Crippen molar-refractivity contribution in [2.45, 2.75) is 32.2 Å². The van der Waals surface area contributed by atoms with Gasteiger partial charge in [-0.25, -0.2) is 4.39 Å². The summed E-state index contributed by atoms with van der Waals surface area (Å²) in [5.41, 5.74) is 2.79. The highest BCUT2D eigenvalue weighted by atomic mass is 19.1. The highest BCUT2D eigenvalue weighted by Gasteiger charge is 2.31. The summed E-state index contributed by atoms with van der Waals surface area (Å²) >= 11 is 0. The third kappa shape index (κ3) is 3.27. The fraction of sp³-hybridized carbons (Fsp3) is 0.333. The first-order chi connectivity index (χ1) is 13.0. The summed E-state index contributed by atoms with van der Waals surface area (Å²) < 4.78 is 14.4. The van der Waals surface area contributed by atoms with Gasteiger partial charge in [0.2, 0.25) is 11.8 Å². The molecule has 0 radical (unpaired) electrons. The first-order valence-corrected chi connectivity index (χ1v) is 9.28. The number of nitrogens with zero attached hydrogens (tertiary/aromatic N) is 2. The van der Waals surface area contributed by atoms with Gasteiger partial charge in [-0.15, -0.1) is 0 Å². The van der Waals surface area contributed by atoms with Crippen LogP contribution in [0.15, 0.2) is 42.5 Å². The van der Waals surface area contributed by atoms with E-state index < -0.39 is 0 Å². The van der Waals surface area contributed by atoms with Crippen molar-refractivity contribution in [3.05, 3.63) is 53.8 Å². The van der Waals surface area contributed by atoms with Crippen LogP contribution in [0.3, 0.4) is 0 Å². The van der Waals surface area contributed by atoms with E-state index >= 15 is 0 Å². The van der Waals surface area contributed by atoms with Crippen molar-refractivity contribution in [3.8, 4) is 0 Å². The average Bonchev–Trinajstić information content (AvgIpc) is 2.76. The predicted octanol–water partition coefficient (Wildman–Crippen LogP) is 3.34. The number of amides is 2. The minimum Gasteiger partial charge on any atom is -0.360 e. The fourth-order valence-electron chi connectivity index (χ4n) is 4.05. The van der Waals surface area contributed by atoms with E-state index in [-0.39, 0.29) is 36.6 Å². The molecule has 0 saturated heterocycles. The van der Waals surface area contributed by atoms with Crippen molar-refractivity contribution in [1.29, 1.82) is 0 Å². The number of fused-ring (bicyclic) bond motifs is 2. The maximum absolute atomic E-state index is 14.4. The SMILES string of the molecule is C[C@H]1CC(=O)Nc2ccccc2N1C(=O)CN1CCCc2cccc(F)c21. The lowest BCUT2D eigenvalue weighted by Crippen LogP contribution is -2.46. The van der Waals surface area contributed by atoms with E-state index in [0.717, 1.165) is 18.4 Å². The molecule has 2 aliphatic heterocycles. The summed E-state index contributed by atoms with van der Waals surface area (Å²) in [5.74, 6) is -0.539. The molecule has 2 aromatic carbocycles. The molecule has 0 aromatic heterocycles. The molecule has 0 unspecified atom stereocenters. The van der Waals surface area contributed by atoms with Gasteiger partial charge in [0.05, 0.1) is 23.6 Å². The van der Waals surface area contributed by atoms with Crippen LogP contribution in [-0.4, -0.2) is 30.9 Å². The Bertz CT molecular complexity index is 899. The molecule has 0 saturated carbocycles. The summed E-state index contributed by atoms with van der Waals surface area (Å²) in [4.78, 5) is 28.9.